The van der Waals surface area contributed by atoms with E-state index in [-0.39, 0.29) is 0 Å². The van der Waals surface area contributed by atoms with Crippen molar-refractivity contribution >= 4 is 6.08 Å². The van der Waals surface area contributed by atoms with Crippen molar-refractivity contribution in [2.45, 2.75) is 19.3 Å². The van der Waals surface area contributed by atoms with Crippen LogP contribution in [-0.2, 0) is 6.42 Å². The van der Waals surface area contributed by atoms with Crippen molar-refractivity contribution in [1.82, 2.24) is 9.80 Å². The maximum absolute atomic E-state index is 2.62. The highest BCUT2D eigenvalue weighted by atomic mass is 15.2. The molecule has 0 aromatic heterocycles. The standard InChI is InChI=1S/C23H28N2/c1-24-13-15-25(16-14-24)12-6-7-19-17-20-8-2-4-10-22(20)23-11-5-3-9-21(23)18-19/h2-5,8-11,17H,6-7,12-16,18H2,1H3. The summed E-state index contributed by atoms with van der Waals surface area (Å²) in [5.41, 5.74) is 7.21. The summed E-state index contributed by atoms with van der Waals surface area (Å²) in [6.45, 7) is 6.10. The molecule has 1 heterocycles. The highest BCUT2D eigenvalue weighted by molar-refractivity contribution is 5.80. The third-order valence-corrected chi connectivity index (χ3v) is 5.61. The number of allylic oxidation sites excluding steroid dienone is 1. The number of nitrogens with zero attached hydrogens (tertiary/aromatic N) is 2. The van der Waals surface area contributed by atoms with Gasteiger partial charge in [0.1, 0.15) is 0 Å². The summed E-state index contributed by atoms with van der Waals surface area (Å²) >= 11 is 0. The lowest BCUT2D eigenvalue weighted by atomic mass is 9.96. The van der Waals surface area contributed by atoms with Crippen LogP contribution in [0.4, 0.5) is 0 Å². The number of hydrogen-bond acceptors (Lipinski definition) is 2. The normalized spacial score (nSPS) is 18.2. The van der Waals surface area contributed by atoms with Crippen LogP contribution in [-0.4, -0.2) is 49.6 Å². The van der Waals surface area contributed by atoms with Gasteiger partial charge in [0, 0.05) is 26.2 Å². The predicted octanol–water partition coefficient (Wildman–Crippen LogP) is 4.32. The Morgan fingerprint density at radius 3 is 2.40 bits per heavy atom. The van der Waals surface area contributed by atoms with Gasteiger partial charge in [-0.25, -0.2) is 0 Å². The zero-order valence-corrected chi connectivity index (χ0v) is 15.2. The molecule has 130 valence electrons. The van der Waals surface area contributed by atoms with Crippen LogP contribution >= 0.6 is 0 Å². The number of benzene rings is 2. The fraction of sp³-hybridized carbons (Fsp3) is 0.391. The quantitative estimate of drug-likeness (QED) is 0.823. The second kappa shape index (κ2) is 7.55. The molecule has 2 nitrogen and oxygen atoms in total. The molecular weight excluding hydrogens is 304 g/mol. The average Bonchev–Trinajstić information content (AvgIpc) is 2.80. The Morgan fingerprint density at radius 1 is 0.840 bits per heavy atom. The van der Waals surface area contributed by atoms with Crippen molar-refractivity contribution in [2.24, 2.45) is 0 Å². The molecule has 1 fully saturated rings. The van der Waals surface area contributed by atoms with Crippen molar-refractivity contribution in [3.8, 4) is 11.1 Å². The Balaban J connectivity index is 1.47. The number of hydrogen-bond donors (Lipinski definition) is 0. The molecule has 0 bridgehead atoms. The molecule has 0 amide bonds. The maximum atomic E-state index is 2.62. The van der Waals surface area contributed by atoms with Crippen LogP contribution in [0.15, 0.2) is 54.1 Å². The first-order valence-corrected chi connectivity index (χ1v) is 9.57. The first-order valence-electron chi connectivity index (χ1n) is 9.57. The molecule has 0 spiro atoms. The van der Waals surface area contributed by atoms with Gasteiger partial charge in [0.2, 0.25) is 0 Å². The summed E-state index contributed by atoms with van der Waals surface area (Å²) in [5, 5.41) is 0. The third-order valence-electron chi connectivity index (χ3n) is 5.61. The highest BCUT2D eigenvalue weighted by Crippen LogP contribution is 2.34. The zero-order valence-electron chi connectivity index (χ0n) is 15.2. The van der Waals surface area contributed by atoms with Gasteiger partial charge in [0.25, 0.3) is 0 Å². The molecule has 2 aromatic carbocycles. The SMILES string of the molecule is CN1CCN(CCCC2=Cc3ccccc3-c3ccccc3C2)CC1. The third kappa shape index (κ3) is 3.86. The van der Waals surface area contributed by atoms with E-state index in [0.717, 1.165) is 6.42 Å². The first-order chi connectivity index (χ1) is 12.3. The summed E-state index contributed by atoms with van der Waals surface area (Å²) in [5.74, 6) is 0. The Labute approximate surface area is 151 Å². The van der Waals surface area contributed by atoms with Gasteiger partial charge in [-0.15, -0.1) is 0 Å². The fourth-order valence-electron chi connectivity index (χ4n) is 4.08. The summed E-state index contributed by atoms with van der Waals surface area (Å²) in [4.78, 5) is 5.05. The monoisotopic (exact) mass is 332 g/mol. The summed E-state index contributed by atoms with van der Waals surface area (Å²) in [6, 6.07) is 17.7. The molecule has 25 heavy (non-hydrogen) atoms. The van der Waals surface area contributed by atoms with Crippen molar-refractivity contribution in [1.29, 1.82) is 0 Å². The van der Waals surface area contributed by atoms with Gasteiger partial charge in [-0.2, -0.15) is 0 Å². The van der Waals surface area contributed by atoms with Crippen LogP contribution in [0.2, 0.25) is 0 Å². The van der Waals surface area contributed by atoms with Crippen molar-refractivity contribution in [3.63, 3.8) is 0 Å². The largest absolute Gasteiger partial charge is 0.304 e. The highest BCUT2D eigenvalue weighted by Gasteiger charge is 2.16. The van der Waals surface area contributed by atoms with Crippen LogP contribution < -0.4 is 0 Å². The number of fused-ring (bicyclic) bond motifs is 3. The Kier molecular flexibility index (Phi) is 5.00. The molecule has 1 saturated heterocycles. The molecule has 0 atom stereocenters. The Hall–Kier alpha value is -1.90. The molecule has 2 heteroatoms. The van der Waals surface area contributed by atoms with Gasteiger partial charge in [-0.05, 0) is 55.1 Å². The van der Waals surface area contributed by atoms with Gasteiger partial charge in [0.15, 0.2) is 0 Å². The van der Waals surface area contributed by atoms with E-state index in [1.807, 2.05) is 0 Å². The lowest BCUT2D eigenvalue weighted by Crippen LogP contribution is -2.44. The lowest BCUT2D eigenvalue weighted by Gasteiger charge is -2.32. The number of likely N-dealkylation sites (N-methyl/N-ethyl adjacent to an activating group) is 1. The van der Waals surface area contributed by atoms with Crippen LogP contribution in [0.1, 0.15) is 24.0 Å². The van der Waals surface area contributed by atoms with Crippen molar-refractivity contribution < 1.29 is 0 Å². The van der Waals surface area contributed by atoms with E-state index in [0.29, 0.717) is 0 Å². The maximum Gasteiger partial charge on any atom is 0.0110 e. The molecule has 0 saturated carbocycles. The lowest BCUT2D eigenvalue weighted by molar-refractivity contribution is 0.153. The summed E-state index contributed by atoms with van der Waals surface area (Å²) < 4.78 is 0. The summed E-state index contributed by atoms with van der Waals surface area (Å²) in [6.07, 6.45) is 6.00. The molecule has 1 aliphatic heterocycles. The Bertz CT molecular complexity index is 754. The van der Waals surface area contributed by atoms with Crippen molar-refractivity contribution in [3.05, 3.63) is 65.2 Å². The molecule has 1 aliphatic carbocycles. The zero-order chi connectivity index (χ0) is 17.1. The van der Waals surface area contributed by atoms with Gasteiger partial charge in [-0.3, -0.25) is 0 Å². The van der Waals surface area contributed by atoms with E-state index in [1.54, 1.807) is 5.57 Å². The summed E-state index contributed by atoms with van der Waals surface area (Å²) in [7, 11) is 2.22. The minimum atomic E-state index is 1.09. The van der Waals surface area contributed by atoms with Crippen LogP contribution in [0.25, 0.3) is 17.2 Å². The average molecular weight is 332 g/mol. The molecular formula is C23H28N2. The molecule has 0 unspecified atom stereocenters. The van der Waals surface area contributed by atoms with Gasteiger partial charge >= 0.3 is 0 Å². The molecule has 0 N–H and O–H groups in total. The van der Waals surface area contributed by atoms with E-state index in [1.165, 1.54) is 67.8 Å². The van der Waals surface area contributed by atoms with Crippen LogP contribution in [0.5, 0.6) is 0 Å². The second-order valence-corrected chi connectivity index (χ2v) is 7.47. The van der Waals surface area contributed by atoms with Crippen LogP contribution in [0, 0.1) is 0 Å². The number of piperazine rings is 1. The van der Waals surface area contributed by atoms with E-state index in [9.17, 15) is 0 Å². The van der Waals surface area contributed by atoms with E-state index in [2.05, 4.69) is 71.5 Å². The smallest absolute Gasteiger partial charge is 0.0110 e. The van der Waals surface area contributed by atoms with Gasteiger partial charge in [0.05, 0.1) is 0 Å². The van der Waals surface area contributed by atoms with Crippen LogP contribution in [0.3, 0.4) is 0 Å². The first kappa shape index (κ1) is 16.6. The van der Waals surface area contributed by atoms with Crippen molar-refractivity contribution in [2.75, 3.05) is 39.8 Å². The van der Waals surface area contributed by atoms with Gasteiger partial charge in [-0.1, -0.05) is 60.2 Å². The Morgan fingerprint density at radius 2 is 1.56 bits per heavy atom. The molecule has 2 aliphatic rings. The number of rotatable bonds is 4. The molecule has 0 radical (unpaired) electrons. The van der Waals surface area contributed by atoms with E-state index >= 15 is 0 Å². The van der Waals surface area contributed by atoms with E-state index in [4.69, 9.17) is 0 Å². The molecule has 4 rings (SSSR count). The topological polar surface area (TPSA) is 6.48 Å². The minimum Gasteiger partial charge on any atom is -0.304 e. The fourth-order valence-corrected chi connectivity index (χ4v) is 4.08. The second-order valence-electron chi connectivity index (χ2n) is 7.47. The molecule has 2 aromatic rings. The van der Waals surface area contributed by atoms with E-state index < -0.39 is 0 Å². The predicted molar refractivity (Wildman–Crippen MR) is 107 cm³/mol. The van der Waals surface area contributed by atoms with Gasteiger partial charge < -0.3 is 9.80 Å². The minimum absolute atomic E-state index is 1.09.